The molecule has 0 aromatic rings. The van der Waals surface area contributed by atoms with Crippen LogP contribution < -0.4 is 0 Å². The molecule has 19 heteroatoms. The predicted molar refractivity (Wildman–Crippen MR) is 414 cm³/mol. The van der Waals surface area contributed by atoms with E-state index in [2.05, 4.69) is 34.6 Å². The lowest BCUT2D eigenvalue weighted by atomic mass is 10.0. The summed E-state index contributed by atoms with van der Waals surface area (Å²) in [6.07, 6.45) is 66.4. The Labute approximate surface area is 619 Å². The van der Waals surface area contributed by atoms with E-state index in [0.717, 1.165) is 95.8 Å². The van der Waals surface area contributed by atoms with Gasteiger partial charge in [0.25, 0.3) is 0 Å². The smallest absolute Gasteiger partial charge is 0.462 e. The number of unbranched alkanes of at least 4 members (excludes halogenated alkanes) is 54. The molecule has 0 saturated heterocycles. The summed E-state index contributed by atoms with van der Waals surface area (Å²) < 4.78 is 68.8. The first kappa shape index (κ1) is 99.1. The first-order valence-electron chi connectivity index (χ1n) is 42.6. The standard InChI is InChI=1S/C82H160O17P2/c1-6-9-12-15-18-21-24-27-29-30-31-32-38-43-48-53-58-63-68-82(87)99-78(72-93-80(85)66-61-56-51-46-41-37-34-33-35-39-44-49-54-59-64-75(4)5)74-97-101(90,91)95-70-76(83)69-94-100(88,89)96-73-77(71-92-79(84)65-60-55-50-45-40-26-23-20-17-14-11-8-3)98-81(86)67-62-57-52-47-42-36-28-25-22-19-16-13-10-7-2/h75-78,83H,6-74H2,1-5H3,(H,88,89)(H,90,91)/t76-,77+,78+/m0/s1. The molecule has 0 radical (unpaired) electrons. The highest BCUT2D eigenvalue weighted by Crippen LogP contribution is 2.45. The maximum Gasteiger partial charge on any atom is 0.472 e. The average molecular weight is 1480 g/mol. The largest absolute Gasteiger partial charge is 0.472 e. The van der Waals surface area contributed by atoms with Crippen molar-refractivity contribution in [3.05, 3.63) is 0 Å². The summed E-state index contributed by atoms with van der Waals surface area (Å²) in [4.78, 5) is 73.1. The van der Waals surface area contributed by atoms with Gasteiger partial charge in [-0.15, -0.1) is 0 Å². The Kier molecular flexibility index (Phi) is 73.5. The lowest BCUT2D eigenvalue weighted by Gasteiger charge is -2.21. The van der Waals surface area contributed by atoms with Gasteiger partial charge in [0.15, 0.2) is 12.2 Å². The highest BCUT2D eigenvalue weighted by atomic mass is 31.2. The van der Waals surface area contributed by atoms with E-state index >= 15 is 0 Å². The van der Waals surface area contributed by atoms with Crippen molar-refractivity contribution < 1.29 is 80.2 Å². The zero-order valence-corrected chi connectivity index (χ0v) is 67.8. The summed E-state index contributed by atoms with van der Waals surface area (Å²) in [6, 6.07) is 0. The van der Waals surface area contributed by atoms with Crippen molar-refractivity contribution in [2.24, 2.45) is 5.92 Å². The van der Waals surface area contributed by atoms with Crippen molar-refractivity contribution in [3.8, 4) is 0 Å². The van der Waals surface area contributed by atoms with E-state index in [9.17, 15) is 43.2 Å². The maximum absolute atomic E-state index is 13.1. The van der Waals surface area contributed by atoms with Crippen LogP contribution in [0.5, 0.6) is 0 Å². The third kappa shape index (κ3) is 76.1. The summed E-state index contributed by atoms with van der Waals surface area (Å²) >= 11 is 0. The molecule has 0 aliphatic heterocycles. The Morgan fingerprint density at radius 2 is 0.455 bits per heavy atom. The molecule has 2 unspecified atom stereocenters. The Balaban J connectivity index is 5.25. The van der Waals surface area contributed by atoms with Crippen LogP contribution in [0.4, 0.5) is 0 Å². The van der Waals surface area contributed by atoms with Crippen molar-refractivity contribution in [1.82, 2.24) is 0 Å². The number of esters is 4. The second-order valence-corrected chi connectivity index (χ2v) is 32.9. The second kappa shape index (κ2) is 74.9. The summed E-state index contributed by atoms with van der Waals surface area (Å²) in [5, 5.41) is 10.7. The van der Waals surface area contributed by atoms with E-state index < -0.39 is 97.5 Å². The van der Waals surface area contributed by atoms with Crippen molar-refractivity contribution in [2.75, 3.05) is 39.6 Å². The molecule has 101 heavy (non-hydrogen) atoms. The number of ether oxygens (including phenoxy) is 4. The zero-order chi connectivity index (χ0) is 74.1. The number of hydrogen-bond acceptors (Lipinski definition) is 15. The second-order valence-electron chi connectivity index (χ2n) is 30.0. The molecule has 0 rings (SSSR count). The number of phosphoric acid groups is 2. The minimum atomic E-state index is -4.96. The SMILES string of the molecule is CCCCCCCCCCCCCCCCCCCCC(=O)O[C@H](COC(=O)CCCCCCCCCCCCCCCCC(C)C)COP(=O)(O)OC[C@@H](O)COP(=O)(O)OC[C@@H](COC(=O)CCCCCCCCCCCCCC)OC(=O)CCCCCCCCCCCCCCCC. The maximum atomic E-state index is 13.1. The van der Waals surface area contributed by atoms with Crippen molar-refractivity contribution in [2.45, 2.75) is 457 Å². The number of hydrogen-bond donors (Lipinski definition) is 3. The molecule has 3 N–H and O–H groups in total. The van der Waals surface area contributed by atoms with Gasteiger partial charge in [0.2, 0.25) is 0 Å². The summed E-state index contributed by atoms with van der Waals surface area (Å²) in [5.74, 6) is -1.30. The van der Waals surface area contributed by atoms with Gasteiger partial charge in [-0.25, -0.2) is 9.13 Å². The van der Waals surface area contributed by atoms with Crippen LogP contribution in [0.1, 0.15) is 439 Å². The lowest BCUT2D eigenvalue weighted by Crippen LogP contribution is -2.30. The van der Waals surface area contributed by atoms with Crippen LogP contribution in [0, 0.1) is 5.92 Å². The van der Waals surface area contributed by atoms with E-state index in [1.807, 2.05) is 0 Å². The minimum Gasteiger partial charge on any atom is -0.462 e. The van der Waals surface area contributed by atoms with Crippen LogP contribution in [0.2, 0.25) is 0 Å². The topological polar surface area (TPSA) is 237 Å². The molecule has 0 heterocycles. The van der Waals surface area contributed by atoms with Gasteiger partial charge in [-0.1, -0.05) is 388 Å². The minimum absolute atomic E-state index is 0.109. The third-order valence-corrected chi connectivity index (χ3v) is 21.2. The van der Waals surface area contributed by atoms with Gasteiger partial charge in [0.05, 0.1) is 26.4 Å². The van der Waals surface area contributed by atoms with Crippen molar-refractivity contribution in [1.29, 1.82) is 0 Å². The molecular formula is C82H160O17P2. The monoisotopic (exact) mass is 1480 g/mol. The van der Waals surface area contributed by atoms with Crippen LogP contribution in [0.25, 0.3) is 0 Å². The molecule has 0 fully saturated rings. The Hall–Kier alpha value is -1.94. The molecule has 600 valence electrons. The van der Waals surface area contributed by atoms with Gasteiger partial charge in [0.1, 0.15) is 19.3 Å². The highest BCUT2D eigenvalue weighted by Gasteiger charge is 2.30. The zero-order valence-electron chi connectivity index (χ0n) is 66.1. The molecule has 17 nitrogen and oxygen atoms in total. The molecule has 0 aliphatic rings. The Morgan fingerprint density at radius 1 is 0.267 bits per heavy atom. The van der Waals surface area contributed by atoms with E-state index in [1.54, 1.807) is 0 Å². The number of aliphatic hydroxyl groups excluding tert-OH is 1. The number of carbonyl (C=O) groups is 4. The van der Waals surface area contributed by atoms with E-state index in [-0.39, 0.29) is 25.7 Å². The fraction of sp³-hybridized carbons (Fsp3) is 0.951. The molecule has 0 aromatic heterocycles. The molecule has 0 aromatic carbocycles. The molecule has 0 spiro atoms. The summed E-state index contributed by atoms with van der Waals surface area (Å²) in [7, 11) is -9.92. The number of carbonyl (C=O) groups excluding carboxylic acids is 4. The van der Waals surface area contributed by atoms with Crippen LogP contribution in [0.15, 0.2) is 0 Å². The van der Waals surface area contributed by atoms with Gasteiger partial charge in [-0.3, -0.25) is 37.3 Å². The normalized spacial score (nSPS) is 13.8. The number of aliphatic hydroxyl groups is 1. The van der Waals surface area contributed by atoms with Crippen LogP contribution >= 0.6 is 15.6 Å². The van der Waals surface area contributed by atoms with E-state index in [1.165, 1.54) is 263 Å². The molecule has 5 atom stereocenters. The number of rotatable bonds is 82. The number of phosphoric ester groups is 2. The Bertz CT molecular complexity index is 1930. The third-order valence-electron chi connectivity index (χ3n) is 19.3. The lowest BCUT2D eigenvalue weighted by molar-refractivity contribution is -0.161. The van der Waals surface area contributed by atoms with Gasteiger partial charge < -0.3 is 33.8 Å². The quantitative estimate of drug-likeness (QED) is 0.0222. The summed E-state index contributed by atoms with van der Waals surface area (Å²) in [6.45, 7) is 7.37. The van der Waals surface area contributed by atoms with Gasteiger partial charge >= 0.3 is 39.5 Å². The average Bonchev–Trinajstić information content (AvgIpc) is 0.934. The first-order chi connectivity index (χ1) is 49.0. The molecular weight excluding hydrogens is 1320 g/mol. The predicted octanol–water partition coefficient (Wildman–Crippen LogP) is 24.8. The van der Waals surface area contributed by atoms with Crippen LogP contribution in [-0.2, 0) is 65.4 Å². The van der Waals surface area contributed by atoms with Gasteiger partial charge in [-0.2, -0.15) is 0 Å². The Morgan fingerprint density at radius 3 is 0.673 bits per heavy atom. The first-order valence-corrected chi connectivity index (χ1v) is 45.6. The van der Waals surface area contributed by atoms with Crippen LogP contribution in [0.3, 0.4) is 0 Å². The van der Waals surface area contributed by atoms with Crippen molar-refractivity contribution in [3.63, 3.8) is 0 Å². The van der Waals surface area contributed by atoms with Crippen LogP contribution in [-0.4, -0.2) is 96.7 Å². The van der Waals surface area contributed by atoms with Gasteiger partial charge in [-0.05, 0) is 31.6 Å². The summed E-state index contributed by atoms with van der Waals surface area (Å²) in [5.41, 5.74) is 0. The molecule has 0 bridgehead atoms. The van der Waals surface area contributed by atoms with Crippen molar-refractivity contribution >= 4 is 39.5 Å². The molecule has 0 aliphatic carbocycles. The molecule has 0 saturated carbocycles. The molecule has 0 amide bonds. The van der Waals surface area contributed by atoms with Gasteiger partial charge in [0, 0.05) is 25.7 Å². The highest BCUT2D eigenvalue weighted by molar-refractivity contribution is 7.47. The van der Waals surface area contributed by atoms with E-state index in [4.69, 9.17) is 37.0 Å². The fourth-order valence-corrected chi connectivity index (χ4v) is 14.3. The van der Waals surface area contributed by atoms with E-state index in [0.29, 0.717) is 25.7 Å². The fourth-order valence-electron chi connectivity index (χ4n) is 12.8.